The van der Waals surface area contributed by atoms with Gasteiger partial charge in [-0.05, 0) is 51.8 Å². The molecule has 96 valence electrons. The molecule has 0 spiro atoms. The lowest BCUT2D eigenvalue weighted by atomic mass is 10.1. The Morgan fingerprint density at radius 1 is 1.16 bits per heavy atom. The summed E-state index contributed by atoms with van der Waals surface area (Å²) in [6, 6.07) is 12.8. The van der Waals surface area contributed by atoms with Crippen molar-refractivity contribution in [2.75, 3.05) is 5.32 Å². The number of halogens is 2. The van der Waals surface area contributed by atoms with Crippen LogP contribution < -0.4 is 5.32 Å². The van der Waals surface area contributed by atoms with Gasteiger partial charge >= 0.3 is 0 Å². The smallest absolute Gasteiger partial charge is 0.125 e. The molecule has 3 rings (SSSR count). The molecule has 0 radical (unpaired) electrons. The van der Waals surface area contributed by atoms with E-state index in [0.29, 0.717) is 6.54 Å². The summed E-state index contributed by atoms with van der Waals surface area (Å²) in [5.41, 5.74) is 3.04. The lowest BCUT2D eigenvalue weighted by molar-refractivity contribution is 0.628. The first-order valence-electron chi connectivity index (χ1n) is 5.98. The largest absolute Gasteiger partial charge is 0.380 e. The molecule has 0 amide bonds. The van der Waals surface area contributed by atoms with Crippen molar-refractivity contribution in [3.8, 4) is 0 Å². The zero-order valence-corrected chi connectivity index (χ0v) is 11.7. The van der Waals surface area contributed by atoms with Crippen LogP contribution >= 0.6 is 15.9 Å². The van der Waals surface area contributed by atoms with Crippen LogP contribution in [0.5, 0.6) is 0 Å². The second-order valence-electron chi connectivity index (χ2n) is 4.33. The molecule has 0 aliphatic carbocycles. The van der Waals surface area contributed by atoms with Gasteiger partial charge in [-0.25, -0.2) is 4.39 Å². The van der Waals surface area contributed by atoms with Gasteiger partial charge in [0.15, 0.2) is 0 Å². The van der Waals surface area contributed by atoms with Gasteiger partial charge in [-0.1, -0.05) is 12.1 Å². The number of hydrogen-bond donors (Lipinski definition) is 2. The third kappa shape index (κ3) is 2.49. The maximum atomic E-state index is 13.2. The highest BCUT2D eigenvalue weighted by molar-refractivity contribution is 9.10. The molecule has 2 aromatic carbocycles. The predicted octanol–water partition coefficient (Wildman–Crippen LogP) is 4.68. The first-order chi connectivity index (χ1) is 9.24. The molecular formula is C15H12BrFN2. The summed E-state index contributed by atoms with van der Waals surface area (Å²) >= 11 is 3.41. The topological polar surface area (TPSA) is 27.8 Å². The van der Waals surface area contributed by atoms with Gasteiger partial charge in [-0.15, -0.1) is 0 Å². The van der Waals surface area contributed by atoms with Crippen molar-refractivity contribution in [1.82, 2.24) is 4.98 Å². The molecule has 0 fully saturated rings. The number of anilines is 1. The summed E-state index contributed by atoms with van der Waals surface area (Å²) in [4.78, 5) is 3.18. The Hall–Kier alpha value is -1.81. The molecule has 3 aromatic rings. The monoisotopic (exact) mass is 318 g/mol. The Bertz CT molecular complexity index is 721. The minimum Gasteiger partial charge on any atom is -0.380 e. The molecule has 1 heterocycles. The minimum absolute atomic E-state index is 0.245. The van der Waals surface area contributed by atoms with Gasteiger partial charge in [0.1, 0.15) is 5.82 Å². The van der Waals surface area contributed by atoms with Crippen LogP contribution in [-0.2, 0) is 6.54 Å². The first kappa shape index (κ1) is 12.2. The summed E-state index contributed by atoms with van der Waals surface area (Å²) in [7, 11) is 0. The molecular weight excluding hydrogens is 307 g/mol. The van der Waals surface area contributed by atoms with Crippen LogP contribution in [0.4, 0.5) is 10.1 Å². The van der Waals surface area contributed by atoms with Gasteiger partial charge < -0.3 is 10.3 Å². The quantitative estimate of drug-likeness (QED) is 0.721. The molecule has 2 N–H and O–H groups in total. The minimum atomic E-state index is -0.245. The first-order valence-corrected chi connectivity index (χ1v) is 6.77. The van der Waals surface area contributed by atoms with Crippen molar-refractivity contribution in [1.29, 1.82) is 0 Å². The van der Waals surface area contributed by atoms with E-state index in [1.807, 2.05) is 24.4 Å². The Balaban J connectivity index is 1.86. The van der Waals surface area contributed by atoms with Crippen LogP contribution in [-0.4, -0.2) is 4.98 Å². The van der Waals surface area contributed by atoms with Crippen molar-refractivity contribution in [2.45, 2.75) is 6.54 Å². The van der Waals surface area contributed by atoms with Crippen molar-refractivity contribution >= 4 is 32.5 Å². The highest BCUT2D eigenvalue weighted by Gasteiger charge is 2.04. The number of aromatic amines is 1. The Kier molecular flexibility index (Phi) is 3.25. The average Bonchev–Trinajstić information content (AvgIpc) is 2.88. The normalized spacial score (nSPS) is 10.8. The van der Waals surface area contributed by atoms with E-state index in [1.165, 1.54) is 23.1 Å². The van der Waals surface area contributed by atoms with Crippen molar-refractivity contribution in [3.05, 3.63) is 64.5 Å². The van der Waals surface area contributed by atoms with Crippen LogP contribution in [0.25, 0.3) is 10.9 Å². The van der Waals surface area contributed by atoms with Crippen LogP contribution in [0.2, 0.25) is 0 Å². The van der Waals surface area contributed by atoms with Crippen LogP contribution in [0, 0.1) is 5.82 Å². The average molecular weight is 319 g/mol. The Morgan fingerprint density at radius 3 is 2.95 bits per heavy atom. The molecule has 0 saturated heterocycles. The van der Waals surface area contributed by atoms with Crippen LogP contribution in [0.1, 0.15) is 5.56 Å². The summed E-state index contributed by atoms with van der Waals surface area (Å²) in [6.45, 7) is 0.650. The van der Waals surface area contributed by atoms with Gasteiger partial charge in [0.2, 0.25) is 0 Å². The lowest BCUT2D eigenvalue weighted by Gasteiger charge is -2.09. The van der Waals surface area contributed by atoms with Crippen LogP contribution in [0.3, 0.4) is 0 Å². The van der Waals surface area contributed by atoms with Gasteiger partial charge in [-0.3, -0.25) is 0 Å². The Labute approximate surface area is 118 Å². The van der Waals surface area contributed by atoms with Crippen molar-refractivity contribution < 1.29 is 4.39 Å². The van der Waals surface area contributed by atoms with E-state index in [1.54, 1.807) is 6.07 Å². The standard InChI is InChI=1S/C15H12BrFN2/c16-13-5-4-11(17)8-15(13)19-9-10-2-1-3-14-12(10)6-7-18-14/h1-8,18-19H,9H2. The second kappa shape index (κ2) is 5.05. The predicted molar refractivity (Wildman–Crippen MR) is 79.7 cm³/mol. The van der Waals surface area contributed by atoms with E-state index >= 15 is 0 Å². The van der Waals surface area contributed by atoms with Gasteiger partial charge in [0, 0.05) is 28.1 Å². The van der Waals surface area contributed by atoms with E-state index < -0.39 is 0 Å². The zero-order chi connectivity index (χ0) is 13.2. The fourth-order valence-electron chi connectivity index (χ4n) is 2.13. The molecule has 0 bridgehead atoms. The van der Waals surface area contributed by atoms with Gasteiger partial charge in [0.05, 0.1) is 5.69 Å². The number of H-pyrrole nitrogens is 1. The molecule has 2 nitrogen and oxygen atoms in total. The van der Waals surface area contributed by atoms with E-state index in [4.69, 9.17) is 0 Å². The van der Waals surface area contributed by atoms with E-state index in [2.05, 4.69) is 32.3 Å². The summed E-state index contributed by atoms with van der Waals surface area (Å²) < 4.78 is 14.1. The van der Waals surface area contributed by atoms with Crippen LogP contribution in [0.15, 0.2) is 53.1 Å². The van der Waals surface area contributed by atoms with Gasteiger partial charge in [0.25, 0.3) is 0 Å². The fourth-order valence-corrected chi connectivity index (χ4v) is 2.51. The van der Waals surface area contributed by atoms with E-state index in [-0.39, 0.29) is 5.82 Å². The summed E-state index contributed by atoms with van der Waals surface area (Å²) in [5.74, 6) is -0.245. The summed E-state index contributed by atoms with van der Waals surface area (Å²) in [6.07, 6.45) is 1.92. The fraction of sp³-hybridized carbons (Fsp3) is 0.0667. The highest BCUT2D eigenvalue weighted by Crippen LogP contribution is 2.25. The molecule has 0 aliphatic rings. The maximum Gasteiger partial charge on any atom is 0.125 e. The third-order valence-electron chi connectivity index (χ3n) is 3.08. The number of hydrogen-bond acceptors (Lipinski definition) is 1. The zero-order valence-electron chi connectivity index (χ0n) is 10.1. The molecule has 4 heteroatoms. The molecule has 1 aromatic heterocycles. The molecule has 0 aliphatic heterocycles. The number of rotatable bonds is 3. The molecule has 0 atom stereocenters. The lowest BCUT2D eigenvalue weighted by Crippen LogP contribution is -2.00. The summed E-state index contributed by atoms with van der Waals surface area (Å²) in [5, 5.41) is 4.43. The maximum absolute atomic E-state index is 13.2. The Morgan fingerprint density at radius 2 is 2.05 bits per heavy atom. The van der Waals surface area contributed by atoms with Crippen molar-refractivity contribution in [2.24, 2.45) is 0 Å². The molecule has 19 heavy (non-hydrogen) atoms. The number of fused-ring (bicyclic) bond motifs is 1. The van der Waals surface area contributed by atoms with E-state index in [9.17, 15) is 4.39 Å². The third-order valence-corrected chi connectivity index (χ3v) is 3.77. The number of aromatic nitrogens is 1. The molecule has 0 unspecified atom stereocenters. The number of nitrogens with one attached hydrogen (secondary N) is 2. The molecule has 0 saturated carbocycles. The second-order valence-corrected chi connectivity index (χ2v) is 5.19. The highest BCUT2D eigenvalue weighted by atomic mass is 79.9. The SMILES string of the molecule is Fc1ccc(Br)c(NCc2cccc3[nH]ccc23)c1. The van der Waals surface area contributed by atoms with Gasteiger partial charge in [-0.2, -0.15) is 0 Å². The number of benzene rings is 2. The van der Waals surface area contributed by atoms with Crippen molar-refractivity contribution in [3.63, 3.8) is 0 Å². The van der Waals surface area contributed by atoms with E-state index in [0.717, 1.165) is 15.7 Å².